The molecule has 1 unspecified atom stereocenters. The average molecular weight is 230 g/mol. The Labute approximate surface area is 101 Å². The molecule has 0 bridgehead atoms. The van der Waals surface area contributed by atoms with Crippen LogP contribution in [0.4, 0.5) is 0 Å². The normalized spacial score (nSPS) is 20.9. The Balaban J connectivity index is 1.95. The quantitative estimate of drug-likeness (QED) is 0.732. The number of aromatic nitrogens is 2. The van der Waals surface area contributed by atoms with E-state index in [4.69, 9.17) is 5.73 Å². The van der Waals surface area contributed by atoms with Gasteiger partial charge in [0.25, 0.3) is 0 Å². The number of nitrogens with one attached hydrogen (secondary N) is 2. The molecule has 4 heteroatoms. The third-order valence-electron chi connectivity index (χ3n) is 3.48. The van der Waals surface area contributed by atoms with Crippen LogP contribution in [0.25, 0.3) is 11.0 Å². The summed E-state index contributed by atoms with van der Waals surface area (Å²) in [5, 5.41) is 3.42. The second-order valence-corrected chi connectivity index (χ2v) is 4.72. The molecule has 0 spiro atoms. The van der Waals surface area contributed by atoms with E-state index in [0.717, 1.165) is 35.5 Å². The lowest BCUT2D eigenvalue weighted by molar-refractivity contribution is 0.449. The highest BCUT2D eigenvalue weighted by Crippen LogP contribution is 2.23. The molecule has 1 aliphatic heterocycles. The van der Waals surface area contributed by atoms with E-state index in [1.165, 1.54) is 12.8 Å². The molecule has 2 aromatic rings. The summed E-state index contributed by atoms with van der Waals surface area (Å²) in [6.07, 6.45) is 2.45. The Bertz CT molecular complexity index is 511. The van der Waals surface area contributed by atoms with E-state index in [-0.39, 0.29) is 0 Å². The van der Waals surface area contributed by atoms with E-state index in [0.29, 0.717) is 12.5 Å². The maximum absolute atomic E-state index is 5.65. The number of aromatic amines is 1. The van der Waals surface area contributed by atoms with Crippen molar-refractivity contribution in [3.05, 3.63) is 29.6 Å². The van der Waals surface area contributed by atoms with E-state index in [2.05, 4.69) is 21.4 Å². The molecule has 90 valence electrons. The number of imidazole rings is 1. The predicted octanol–water partition coefficient (Wildman–Crippen LogP) is 1.49. The molecule has 1 saturated heterocycles. The number of benzene rings is 1. The average Bonchev–Trinajstić information content (AvgIpc) is 2.82. The summed E-state index contributed by atoms with van der Waals surface area (Å²) in [6.45, 7) is 2.74. The fourth-order valence-electron chi connectivity index (χ4n) is 2.48. The number of hydrogen-bond donors (Lipinski definition) is 3. The molecule has 1 aromatic heterocycles. The minimum atomic E-state index is 0.525. The Kier molecular flexibility index (Phi) is 2.82. The van der Waals surface area contributed by atoms with Crippen molar-refractivity contribution >= 4 is 11.0 Å². The van der Waals surface area contributed by atoms with Crippen molar-refractivity contribution < 1.29 is 0 Å². The van der Waals surface area contributed by atoms with Crippen LogP contribution in [-0.2, 0) is 6.54 Å². The predicted molar refractivity (Wildman–Crippen MR) is 68.8 cm³/mol. The smallest absolute Gasteiger partial charge is 0.111 e. The molecule has 1 aliphatic rings. The molecule has 1 fully saturated rings. The van der Waals surface area contributed by atoms with Gasteiger partial charge in [-0.1, -0.05) is 6.07 Å². The standard InChI is InChI=1S/C13H18N4/c14-7-9-3-4-11-12(6-9)17-13(16-11)10-2-1-5-15-8-10/h3-4,6,10,15H,1-2,5,7-8,14H2,(H,16,17). The number of fused-ring (bicyclic) bond motifs is 1. The van der Waals surface area contributed by atoms with Crippen LogP contribution in [0.3, 0.4) is 0 Å². The summed E-state index contributed by atoms with van der Waals surface area (Å²) in [7, 11) is 0. The number of rotatable bonds is 2. The van der Waals surface area contributed by atoms with Gasteiger partial charge in [0.2, 0.25) is 0 Å². The Morgan fingerprint density at radius 3 is 3.12 bits per heavy atom. The molecule has 0 aliphatic carbocycles. The van der Waals surface area contributed by atoms with Gasteiger partial charge in [-0.15, -0.1) is 0 Å². The molecule has 17 heavy (non-hydrogen) atoms. The minimum absolute atomic E-state index is 0.525. The molecule has 1 aromatic carbocycles. The highest BCUT2D eigenvalue weighted by Gasteiger charge is 2.18. The van der Waals surface area contributed by atoms with Crippen LogP contribution in [0.15, 0.2) is 18.2 Å². The first-order valence-corrected chi connectivity index (χ1v) is 6.26. The highest BCUT2D eigenvalue weighted by atomic mass is 15.0. The van der Waals surface area contributed by atoms with Gasteiger partial charge in [-0.05, 0) is 37.1 Å². The lowest BCUT2D eigenvalue weighted by Crippen LogP contribution is -2.28. The van der Waals surface area contributed by atoms with Crippen molar-refractivity contribution in [3.8, 4) is 0 Å². The SMILES string of the molecule is NCc1ccc2nc(C3CCCNC3)[nH]c2c1. The molecular weight excluding hydrogens is 212 g/mol. The number of nitrogens with two attached hydrogens (primary N) is 1. The van der Waals surface area contributed by atoms with Gasteiger partial charge in [-0.2, -0.15) is 0 Å². The number of H-pyrrole nitrogens is 1. The topological polar surface area (TPSA) is 66.7 Å². The van der Waals surface area contributed by atoms with Gasteiger partial charge in [-0.25, -0.2) is 4.98 Å². The van der Waals surface area contributed by atoms with Gasteiger partial charge in [0.05, 0.1) is 11.0 Å². The van der Waals surface area contributed by atoms with Gasteiger partial charge in [0.15, 0.2) is 0 Å². The van der Waals surface area contributed by atoms with Crippen molar-refractivity contribution in [3.63, 3.8) is 0 Å². The first-order valence-electron chi connectivity index (χ1n) is 6.26. The van der Waals surface area contributed by atoms with Crippen LogP contribution >= 0.6 is 0 Å². The lowest BCUT2D eigenvalue weighted by Gasteiger charge is -2.20. The summed E-state index contributed by atoms with van der Waals surface area (Å²) >= 11 is 0. The van der Waals surface area contributed by atoms with Crippen LogP contribution in [-0.4, -0.2) is 23.1 Å². The Morgan fingerprint density at radius 2 is 2.35 bits per heavy atom. The zero-order valence-corrected chi connectivity index (χ0v) is 9.87. The fourth-order valence-corrected chi connectivity index (χ4v) is 2.48. The first kappa shape index (κ1) is 10.7. The van der Waals surface area contributed by atoms with Crippen molar-refractivity contribution in [1.29, 1.82) is 0 Å². The zero-order valence-electron chi connectivity index (χ0n) is 9.87. The van der Waals surface area contributed by atoms with Crippen LogP contribution in [0.1, 0.15) is 30.1 Å². The van der Waals surface area contributed by atoms with Gasteiger partial charge in [0, 0.05) is 19.0 Å². The summed E-state index contributed by atoms with van der Waals surface area (Å²) in [4.78, 5) is 8.11. The molecule has 2 heterocycles. The van der Waals surface area contributed by atoms with Gasteiger partial charge < -0.3 is 16.0 Å². The van der Waals surface area contributed by atoms with Crippen molar-refractivity contribution in [2.24, 2.45) is 5.73 Å². The second kappa shape index (κ2) is 4.47. The lowest BCUT2D eigenvalue weighted by atomic mass is 9.99. The van der Waals surface area contributed by atoms with Gasteiger partial charge in [-0.3, -0.25) is 0 Å². The van der Waals surface area contributed by atoms with Gasteiger partial charge in [0.1, 0.15) is 5.82 Å². The largest absolute Gasteiger partial charge is 0.342 e. The first-order chi connectivity index (χ1) is 8.36. The van der Waals surface area contributed by atoms with Crippen LogP contribution < -0.4 is 11.1 Å². The second-order valence-electron chi connectivity index (χ2n) is 4.72. The summed E-state index contributed by atoms with van der Waals surface area (Å²) < 4.78 is 0. The maximum atomic E-state index is 5.65. The third kappa shape index (κ3) is 2.06. The fraction of sp³-hybridized carbons (Fsp3) is 0.462. The molecule has 3 rings (SSSR count). The van der Waals surface area contributed by atoms with E-state index >= 15 is 0 Å². The van der Waals surface area contributed by atoms with Crippen LogP contribution in [0, 0.1) is 0 Å². The molecule has 1 atom stereocenters. The summed E-state index contributed by atoms with van der Waals surface area (Å²) in [5.41, 5.74) is 8.94. The van der Waals surface area contributed by atoms with Crippen molar-refractivity contribution in [1.82, 2.24) is 15.3 Å². The molecule has 4 nitrogen and oxygen atoms in total. The van der Waals surface area contributed by atoms with Crippen LogP contribution in [0.5, 0.6) is 0 Å². The Hall–Kier alpha value is -1.39. The number of nitrogens with zero attached hydrogens (tertiary/aromatic N) is 1. The zero-order chi connectivity index (χ0) is 11.7. The summed E-state index contributed by atoms with van der Waals surface area (Å²) in [5.74, 6) is 1.64. The number of piperidine rings is 1. The number of hydrogen-bond acceptors (Lipinski definition) is 3. The van der Waals surface area contributed by atoms with Crippen LogP contribution in [0.2, 0.25) is 0 Å². The summed E-state index contributed by atoms with van der Waals surface area (Å²) in [6, 6.07) is 6.20. The van der Waals surface area contributed by atoms with Crippen molar-refractivity contribution in [2.45, 2.75) is 25.3 Å². The van der Waals surface area contributed by atoms with E-state index in [1.54, 1.807) is 0 Å². The van der Waals surface area contributed by atoms with E-state index in [1.807, 2.05) is 12.1 Å². The molecular formula is C13H18N4. The third-order valence-corrected chi connectivity index (χ3v) is 3.48. The minimum Gasteiger partial charge on any atom is -0.342 e. The maximum Gasteiger partial charge on any atom is 0.111 e. The molecule has 4 N–H and O–H groups in total. The molecule has 0 saturated carbocycles. The van der Waals surface area contributed by atoms with Crippen molar-refractivity contribution in [2.75, 3.05) is 13.1 Å². The monoisotopic (exact) mass is 230 g/mol. The van der Waals surface area contributed by atoms with E-state index < -0.39 is 0 Å². The molecule has 0 radical (unpaired) electrons. The van der Waals surface area contributed by atoms with Gasteiger partial charge >= 0.3 is 0 Å². The highest BCUT2D eigenvalue weighted by molar-refractivity contribution is 5.76. The van der Waals surface area contributed by atoms with E-state index in [9.17, 15) is 0 Å². The Morgan fingerprint density at radius 1 is 1.41 bits per heavy atom. The molecule has 0 amide bonds.